The number of fused-ring (bicyclic) bond motifs is 1. The number of hydrogen-bond donors (Lipinski definition) is 1. The number of carbonyl (C=O) groups excluding carboxylic acids is 1. The zero-order chi connectivity index (χ0) is 23.6. The van der Waals surface area contributed by atoms with Crippen LogP contribution in [0.3, 0.4) is 0 Å². The van der Waals surface area contributed by atoms with Crippen molar-refractivity contribution >= 4 is 33.0 Å². The third kappa shape index (κ3) is 4.81. The first-order valence-electron chi connectivity index (χ1n) is 10.6. The Hall–Kier alpha value is -2.72. The van der Waals surface area contributed by atoms with Crippen molar-refractivity contribution in [3.63, 3.8) is 0 Å². The van der Waals surface area contributed by atoms with E-state index in [9.17, 15) is 13.2 Å². The number of thiophene rings is 1. The van der Waals surface area contributed by atoms with Gasteiger partial charge in [-0.2, -0.15) is 0 Å². The molecule has 1 unspecified atom stereocenters. The number of carbonyl (C=O) groups is 1. The van der Waals surface area contributed by atoms with Crippen LogP contribution in [-0.4, -0.2) is 57.8 Å². The quantitative estimate of drug-likeness (QED) is 0.553. The van der Waals surface area contributed by atoms with E-state index in [0.29, 0.717) is 5.69 Å². The summed E-state index contributed by atoms with van der Waals surface area (Å²) in [5.41, 5.74) is 2.80. The van der Waals surface area contributed by atoms with E-state index in [1.54, 1.807) is 23.5 Å². The maximum Gasteiger partial charge on any atom is 0.246 e. The van der Waals surface area contributed by atoms with Crippen molar-refractivity contribution in [3.05, 3.63) is 76.0 Å². The number of hydrogen-bond acceptors (Lipinski definition) is 6. The molecule has 0 bridgehead atoms. The van der Waals surface area contributed by atoms with Crippen LogP contribution in [0, 0.1) is 0 Å². The molecule has 0 saturated carbocycles. The Labute approximate surface area is 198 Å². The van der Waals surface area contributed by atoms with Gasteiger partial charge < -0.3 is 10.1 Å². The normalized spacial score (nSPS) is 16.4. The van der Waals surface area contributed by atoms with Gasteiger partial charge in [0, 0.05) is 31.2 Å². The first-order valence-corrected chi connectivity index (χ1v) is 12.9. The minimum atomic E-state index is -3.73. The third-order valence-corrected chi connectivity index (χ3v) is 8.57. The van der Waals surface area contributed by atoms with Crippen LogP contribution in [0.2, 0.25) is 0 Å². The molecule has 1 atom stereocenters. The fourth-order valence-electron chi connectivity index (χ4n) is 4.10. The molecule has 1 aromatic heterocycles. The summed E-state index contributed by atoms with van der Waals surface area (Å²) in [5, 5.41) is 4.97. The number of amides is 1. The van der Waals surface area contributed by atoms with Gasteiger partial charge in [-0.25, -0.2) is 12.7 Å². The molecule has 33 heavy (non-hydrogen) atoms. The standard InChI is InChI=1S/C24H27N3O4S2/c1-26(2)33(29,30)22-15-18(9-10-20(22)31-3)25-23(28)16-27-13-11-21-19(12-14-32-21)24(27)17-7-5-4-6-8-17/h4-10,12,14-15,24H,11,13,16H2,1-3H3,(H,25,28). The van der Waals surface area contributed by atoms with E-state index in [1.807, 2.05) is 18.2 Å². The van der Waals surface area contributed by atoms with Crippen LogP contribution in [-0.2, 0) is 21.2 Å². The highest BCUT2D eigenvalue weighted by Crippen LogP contribution is 2.37. The largest absolute Gasteiger partial charge is 0.495 e. The Morgan fingerprint density at radius 2 is 1.94 bits per heavy atom. The van der Waals surface area contributed by atoms with Gasteiger partial charge in [-0.15, -0.1) is 11.3 Å². The fourth-order valence-corrected chi connectivity index (χ4v) is 6.08. The molecule has 4 rings (SSSR count). The molecule has 0 aliphatic carbocycles. The average Bonchev–Trinajstić information content (AvgIpc) is 3.28. The van der Waals surface area contributed by atoms with Gasteiger partial charge in [-0.05, 0) is 47.2 Å². The summed E-state index contributed by atoms with van der Waals surface area (Å²) in [6.45, 7) is 0.958. The molecule has 1 aliphatic heterocycles. The number of benzene rings is 2. The zero-order valence-electron chi connectivity index (χ0n) is 18.8. The lowest BCUT2D eigenvalue weighted by Crippen LogP contribution is -2.40. The number of anilines is 1. The number of nitrogens with zero attached hydrogens (tertiary/aromatic N) is 2. The predicted octanol–water partition coefficient (Wildman–Crippen LogP) is 3.59. The summed E-state index contributed by atoms with van der Waals surface area (Å²) >= 11 is 1.76. The van der Waals surface area contributed by atoms with Gasteiger partial charge in [0.2, 0.25) is 15.9 Å². The molecule has 3 aromatic rings. The summed E-state index contributed by atoms with van der Waals surface area (Å²) in [6, 6.07) is 17.0. The van der Waals surface area contributed by atoms with Crippen molar-refractivity contribution in [1.29, 1.82) is 0 Å². The van der Waals surface area contributed by atoms with Crippen molar-refractivity contribution < 1.29 is 17.9 Å². The van der Waals surface area contributed by atoms with E-state index in [2.05, 4.69) is 33.8 Å². The number of rotatable bonds is 7. The monoisotopic (exact) mass is 485 g/mol. The van der Waals surface area contributed by atoms with Crippen molar-refractivity contribution in [2.24, 2.45) is 0 Å². The minimum absolute atomic E-state index is 0.00694. The van der Waals surface area contributed by atoms with Gasteiger partial charge in [-0.1, -0.05) is 30.3 Å². The van der Waals surface area contributed by atoms with Crippen LogP contribution in [0.4, 0.5) is 5.69 Å². The number of nitrogens with one attached hydrogen (secondary N) is 1. The molecular formula is C24H27N3O4S2. The molecule has 0 fully saturated rings. The van der Waals surface area contributed by atoms with E-state index >= 15 is 0 Å². The van der Waals surface area contributed by atoms with E-state index in [1.165, 1.54) is 37.7 Å². The molecule has 2 aromatic carbocycles. The van der Waals surface area contributed by atoms with Gasteiger partial charge in [0.15, 0.2) is 0 Å². The Morgan fingerprint density at radius 1 is 1.18 bits per heavy atom. The van der Waals surface area contributed by atoms with E-state index in [0.717, 1.165) is 22.8 Å². The molecule has 174 valence electrons. The van der Waals surface area contributed by atoms with Crippen molar-refractivity contribution in [2.75, 3.05) is 39.6 Å². The molecule has 0 saturated heterocycles. The molecule has 1 amide bonds. The lowest BCUT2D eigenvalue weighted by Gasteiger charge is -2.35. The topological polar surface area (TPSA) is 79.0 Å². The SMILES string of the molecule is COc1ccc(NC(=O)CN2CCc3sccc3C2c2ccccc2)cc1S(=O)(=O)N(C)C. The third-order valence-electron chi connectivity index (χ3n) is 5.73. The smallest absolute Gasteiger partial charge is 0.246 e. The molecule has 9 heteroatoms. The van der Waals surface area contributed by atoms with Gasteiger partial charge in [0.1, 0.15) is 10.6 Å². The van der Waals surface area contributed by atoms with E-state index in [-0.39, 0.29) is 29.1 Å². The van der Waals surface area contributed by atoms with E-state index < -0.39 is 10.0 Å². The maximum atomic E-state index is 13.0. The summed E-state index contributed by atoms with van der Waals surface area (Å²) < 4.78 is 31.7. The summed E-state index contributed by atoms with van der Waals surface area (Å²) in [7, 11) is 0.603. The lowest BCUT2D eigenvalue weighted by atomic mass is 9.93. The molecule has 0 spiro atoms. The molecule has 7 nitrogen and oxygen atoms in total. The summed E-state index contributed by atoms with van der Waals surface area (Å²) in [5.74, 6) is 0.0276. The van der Waals surface area contributed by atoms with Crippen LogP contribution in [0.15, 0.2) is 64.9 Å². The van der Waals surface area contributed by atoms with Gasteiger partial charge in [-0.3, -0.25) is 9.69 Å². The van der Waals surface area contributed by atoms with E-state index in [4.69, 9.17) is 4.74 Å². The fraction of sp³-hybridized carbons (Fsp3) is 0.292. The van der Waals surface area contributed by atoms with Gasteiger partial charge in [0.05, 0.1) is 19.7 Å². The predicted molar refractivity (Wildman–Crippen MR) is 130 cm³/mol. The second-order valence-electron chi connectivity index (χ2n) is 8.03. The number of sulfonamides is 1. The van der Waals surface area contributed by atoms with Crippen LogP contribution < -0.4 is 10.1 Å². The average molecular weight is 486 g/mol. The number of methoxy groups -OCH3 is 1. The molecule has 1 N–H and O–H groups in total. The molecule has 1 aliphatic rings. The molecular weight excluding hydrogens is 458 g/mol. The minimum Gasteiger partial charge on any atom is -0.495 e. The highest BCUT2D eigenvalue weighted by atomic mass is 32.2. The summed E-state index contributed by atoms with van der Waals surface area (Å²) in [6.07, 6.45) is 0.900. The Bertz CT molecular complexity index is 1240. The number of ether oxygens (including phenoxy) is 1. The maximum absolute atomic E-state index is 13.0. The second kappa shape index (κ2) is 9.64. The summed E-state index contributed by atoms with van der Waals surface area (Å²) in [4.78, 5) is 16.5. The van der Waals surface area contributed by atoms with Crippen molar-refractivity contribution in [1.82, 2.24) is 9.21 Å². The van der Waals surface area contributed by atoms with Crippen LogP contribution in [0.5, 0.6) is 5.75 Å². The van der Waals surface area contributed by atoms with Gasteiger partial charge >= 0.3 is 0 Å². The first-order chi connectivity index (χ1) is 15.8. The highest BCUT2D eigenvalue weighted by molar-refractivity contribution is 7.89. The Morgan fingerprint density at radius 3 is 2.64 bits per heavy atom. The van der Waals surface area contributed by atoms with Crippen LogP contribution >= 0.6 is 11.3 Å². The second-order valence-corrected chi connectivity index (χ2v) is 11.2. The van der Waals surface area contributed by atoms with Crippen molar-refractivity contribution in [3.8, 4) is 5.75 Å². The molecule has 0 radical (unpaired) electrons. The highest BCUT2D eigenvalue weighted by Gasteiger charge is 2.31. The van der Waals surface area contributed by atoms with Crippen molar-refractivity contribution in [2.45, 2.75) is 17.4 Å². The van der Waals surface area contributed by atoms with Crippen LogP contribution in [0.1, 0.15) is 22.0 Å². The first kappa shape index (κ1) is 23.4. The zero-order valence-corrected chi connectivity index (χ0v) is 20.4. The Kier molecular flexibility index (Phi) is 6.85. The Balaban J connectivity index is 1.56. The van der Waals surface area contributed by atoms with Crippen LogP contribution in [0.25, 0.3) is 0 Å². The van der Waals surface area contributed by atoms with Gasteiger partial charge in [0.25, 0.3) is 0 Å². The molecule has 2 heterocycles. The lowest BCUT2D eigenvalue weighted by molar-refractivity contribution is -0.117.